The molecule has 1 rings (SSSR count). The Morgan fingerprint density at radius 2 is 1.88 bits per heavy atom. The molecule has 0 aromatic heterocycles. The quantitative estimate of drug-likeness (QED) is 0.809. The monoisotopic (exact) mass is 225 g/mol. The van der Waals surface area contributed by atoms with Gasteiger partial charge in [-0.05, 0) is 24.8 Å². The first kappa shape index (κ1) is 13.1. The van der Waals surface area contributed by atoms with Crippen molar-refractivity contribution < 1.29 is 9.50 Å². The van der Waals surface area contributed by atoms with Crippen LogP contribution in [0.4, 0.5) is 4.39 Å². The van der Waals surface area contributed by atoms with Crippen molar-refractivity contribution in [2.24, 2.45) is 11.7 Å². The van der Waals surface area contributed by atoms with Crippen LogP contribution in [0.3, 0.4) is 0 Å². The van der Waals surface area contributed by atoms with E-state index < -0.39 is 12.1 Å². The first-order valence-corrected chi connectivity index (χ1v) is 5.70. The third kappa shape index (κ3) is 3.58. The number of rotatable bonds is 5. The minimum atomic E-state index is -0.681. The van der Waals surface area contributed by atoms with E-state index in [1.807, 2.05) is 0 Å². The normalized spacial score (nSPS) is 15.1. The van der Waals surface area contributed by atoms with E-state index in [1.165, 1.54) is 6.07 Å². The second kappa shape index (κ2) is 5.97. The predicted molar refractivity (Wildman–Crippen MR) is 63.4 cm³/mol. The van der Waals surface area contributed by atoms with Crippen LogP contribution in [0.2, 0.25) is 0 Å². The standard InChI is InChI=1S/C13H20FNO/c1-9(2)7-8-12(16)13(15)10-5-3-4-6-11(10)14/h3-6,9,12-13,16H,7-8,15H2,1-2H3/t12-,13+/m0/s1. The predicted octanol–water partition coefficient (Wildman–Crippen LogP) is 2.62. The molecular formula is C13H20FNO. The van der Waals surface area contributed by atoms with Crippen LogP contribution < -0.4 is 5.73 Å². The Balaban J connectivity index is 2.63. The van der Waals surface area contributed by atoms with E-state index in [0.29, 0.717) is 17.9 Å². The fourth-order valence-corrected chi connectivity index (χ4v) is 1.64. The number of benzene rings is 1. The molecule has 0 aliphatic rings. The average molecular weight is 225 g/mol. The number of hydrogen-bond donors (Lipinski definition) is 2. The Labute approximate surface area is 96.3 Å². The fraction of sp³-hybridized carbons (Fsp3) is 0.538. The van der Waals surface area contributed by atoms with Crippen LogP contribution in [0.1, 0.15) is 38.3 Å². The molecule has 0 saturated carbocycles. The Morgan fingerprint density at radius 1 is 1.25 bits per heavy atom. The lowest BCUT2D eigenvalue weighted by Gasteiger charge is -2.20. The highest BCUT2D eigenvalue weighted by atomic mass is 19.1. The lowest BCUT2D eigenvalue weighted by Crippen LogP contribution is -2.27. The number of aliphatic hydroxyl groups excluding tert-OH is 1. The number of nitrogens with two attached hydrogens (primary N) is 1. The third-order valence-corrected chi connectivity index (χ3v) is 2.72. The summed E-state index contributed by atoms with van der Waals surface area (Å²) in [5, 5.41) is 9.85. The van der Waals surface area contributed by atoms with Gasteiger partial charge in [-0.1, -0.05) is 32.0 Å². The highest BCUT2D eigenvalue weighted by Crippen LogP contribution is 2.21. The maximum absolute atomic E-state index is 13.4. The summed E-state index contributed by atoms with van der Waals surface area (Å²) in [4.78, 5) is 0. The molecule has 0 aliphatic carbocycles. The number of aliphatic hydroxyl groups is 1. The van der Waals surface area contributed by atoms with E-state index in [2.05, 4.69) is 13.8 Å². The minimum Gasteiger partial charge on any atom is -0.391 e. The van der Waals surface area contributed by atoms with Crippen molar-refractivity contribution in [2.75, 3.05) is 0 Å². The van der Waals surface area contributed by atoms with E-state index >= 15 is 0 Å². The molecular weight excluding hydrogens is 205 g/mol. The van der Waals surface area contributed by atoms with Gasteiger partial charge in [0.05, 0.1) is 12.1 Å². The van der Waals surface area contributed by atoms with Gasteiger partial charge < -0.3 is 10.8 Å². The van der Waals surface area contributed by atoms with Crippen molar-refractivity contribution in [3.8, 4) is 0 Å². The van der Waals surface area contributed by atoms with E-state index in [-0.39, 0.29) is 5.82 Å². The summed E-state index contributed by atoms with van der Waals surface area (Å²) >= 11 is 0. The summed E-state index contributed by atoms with van der Waals surface area (Å²) in [6, 6.07) is 5.70. The molecule has 0 aliphatic heterocycles. The SMILES string of the molecule is CC(C)CC[C@H](O)[C@H](N)c1ccccc1F. The fourth-order valence-electron chi connectivity index (χ4n) is 1.64. The van der Waals surface area contributed by atoms with Gasteiger partial charge in [-0.25, -0.2) is 4.39 Å². The Morgan fingerprint density at radius 3 is 2.44 bits per heavy atom. The summed E-state index contributed by atoms with van der Waals surface area (Å²) in [7, 11) is 0. The molecule has 2 nitrogen and oxygen atoms in total. The molecule has 0 amide bonds. The first-order valence-electron chi connectivity index (χ1n) is 5.70. The van der Waals surface area contributed by atoms with Gasteiger partial charge in [0.15, 0.2) is 0 Å². The molecule has 90 valence electrons. The van der Waals surface area contributed by atoms with Crippen LogP contribution in [0.15, 0.2) is 24.3 Å². The first-order chi connectivity index (χ1) is 7.52. The van der Waals surface area contributed by atoms with Crippen LogP contribution in [0, 0.1) is 11.7 Å². The molecule has 3 N–H and O–H groups in total. The van der Waals surface area contributed by atoms with Crippen molar-refractivity contribution >= 4 is 0 Å². The largest absolute Gasteiger partial charge is 0.391 e. The summed E-state index contributed by atoms with van der Waals surface area (Å²) < 4.78 is 13.4. The van der Waals surface area contributed by atoms with Crippen molar-refractivity contribution in [3.05, 3.63) is 35.6 Å². The molecule has 0 radical (unpaired) electrons. The number of hydrogen-bond acceptors (Lipinski definition) is 2. The topological polar surface area (TPSA) is 46.2 Å². The van der Waals surface area contributed by atoms with Gasteiger partial charge in [-0.15, -0.1) is 0 Å². The lowest BCUT2D eigenvalue weighted by atomic mass is 9.96. The van der Waals surface area contributed by atoms with Crippen molar-refractivity contribution in [2.45, 2.75) is 38.8 Å². The highest BCUT2D eigenvalue weighted by molar-refractivity contribution is 5.21. The Kier molecular flexibility index (Phi) is 4.90. The summed E-state index contributed by atoms with van der Waals surface area (Å²) in [6.45, 7) is 4.17. The lowest BCUT2D eigenvalue weighted by molar-refractivity contribution is 0.127. The zero-order valence-corrected chi connectivity index (χ0v) is 9.86. The second-order valence-electron chi connectivity index (χ2n) is 4.59. The number of halogens is 1. The van der Waals surface area contributed by atoms with Gasteiger partial charge in [0.25, 0.3) is 0 Å². The minimum absolute atomic E-state index is 0.349. The van der Waals surface area contributed by atoms with Crippen LogP contribution >= 0.6 is 0 Å². The van der Waals surface area contributed by atoms with E-state index in [4.69, 9.17) is 5.73 Å². The molecule has 0 unspecified atom stereocenters. The van der Waals surface area contributed by atoms with Gasteiger partial charge >= 0.3 is 0 Å². The summed E-state index contributed by atoms with van der Waals surface area (Å²) in [5.74, 6) is 0.168. The molecule has 0 saturated heterocycles. The summed E-state index contributed by atoms with van der Waals surface area (Å²) in [6.07, 6.45) is 0.815. The van der Waals surface area contributed by atoms with E-state index in [9.17, 15) is 9.50 Å². The average Bonchev–Trinajstić information content (AvgIpc) is 2.25. The van der Waals surface area contributed by atoms with Gasteiger partial charge in [0, 0.05) is 5.56 Å². The maximum atomic E-state index is 13.4. The van der Waals surface area contributed by atoms with Gasteiger partial charge in [-0.3, -0.25) is 0 Å². The van der Waals surface area contributed by atoms with E-state index in [0.717, 1.165) is 6.42 Å². The zero-order valence-electron chi connectivity index (χ0n) is 9.86. The molecule has 0 heterocycles. The van der Waals surface area contributed by atoms with Gasteiger partial charge in [0.1, 0.15) is 5.82 Å². The molecule has 0 spiro atoms. The van der Waals surface area contributed by atoms with Crippen LogP contribution in [-0.4, -0.2) is 11.2 Å². The maximum Gasteiger partial charge on any atom is 0.128 e. The molecule has 16 heavy (non-hydrogen) atoms. The van der Waals surface area contributed by atoms with E-state index in [1.54, 1.807) is 18.2 Å². The van der Waals surface area contributed by atoms with Crippen LogP contribution in [0.5, 0.6) is 0 Å². The molecule has 2 atom stereocenters. The third-order valence-electron chi connectivity index (χ3n) is 2.72. The van der Waals surface area contributed by atoms with Crippen molar-refractivity contribution in [3.63, 3.8) is 0 Å². The zero-order chi connectivity index (χ0) is 12.1. The second-order valence-corrected chi connectivity index (χ2v) is 4.59. The molecule has 0 fully saturated rings. The van der Waals surface area contributed by atoms with Crippen LogP contribution in [-0.2, 0) is 0 Å². The van der Waals surface area contributed by atoms with Crippen molar-refractivity contribution in [1.82, 2.24) is 0 Å². The smallest absolute Gasteiger partial charge is 0.128 e. The summed E-state index contributed by atoms with van der Waals surface area (Å²) in [5.41, 5.74) is 6.22. The molecule has 1 aromatic carbocycles. The van der Waals surface area contributed by atoms with Crippen LogP contribution in [0.25, 0.3) is 0 Å². The molecule has 0 bridgehead atoms. The molecule has 1 aromatic rings. The highest BCUT2D eigenvalue weighted by Gasteiger charge is 2.19. The Hall–Kier alpha value is -0.930. The van der Waals surface area contributed by atoms with Crippen molar-refractivity contribution in [1.29, 1.82) is 0 Å². The van der Waals surface area contributed by atoms with Gasteiger partial charge in [-0.2, -0.15) is 0 Å². The van der Waals surface area contributed by atoms with Gasteiger partial charge in [0.2, 0.25) is 0 Å². The Bertz CT molecular complexity index is 327. The molecule has 3 heteroatoms.